The van der Waals surface area contributed by atoms with E-state index in [1.54, 1.807) is 30.3 Å². The van der Waals surface area contributed by atoms with Crippen LogP contribution in [0.3, 0.4) is 0 Å². The number of nitrogens with one attached hydrogen (secondary N) is 1. The molecular formula is C29H25N5O4S. The molecule has 196 valence electrons. The molecular weight excluding hydrogens is 514 g/mol. The molecule has 0 spiro atoms. The number of ether oxygens (including phenoxy) is 1. The molecule has 5 aromatic rings. The van der Waals surface area contributed by atoms with Gasteiger partial charge < -0.3 is 10.5 Å². The summed E-state index contributed by atoms with van der Waals surface area (Å²) in [6.45, 7) is 0. The van der Waals surface area contributed by atoms with Crippen LogP contribution in [0.4, 0.5) is 5.95 Å². The first kappa shape index (κ1) is 24.8. The summed E-state index contributed by atoms with van der Waals surface area (Å²) in [5.41, 5.74) is 10.2. The molecule has 10 heteroatoms. The van der Waals surface area contributed by atoms with Crippen molar-refractivity contribution >= 4 is 26.9 Å². The highest BCUT2D eigenvalue weighted by atomic mass is 32.2. The van der Waals surface area contributed by atoms with Crippen LogP contribution in [-0.4, -0.2) is 36.1 Å². The fraction of sp³-hybridized carbons (Fsp3) is 0.138. The zero-order valence-electron chi connectivity index (χ0n) is 21.0. The van der Waals surface area contributed by atoms with Crippen LogP contribution in [0, 0.1) is 0 Å². The van der Waals surface area contributed by atoms with Gasteiger partial charge >= 0.3 is 0 Å². The Morgan fingerprint density at radius 1 is 0.949 bits per heavy atom. The van der Waals surface area contributed by atoms with Gasteiger partial charge in [0.25, 0.3) is 5.56 Å². The summed E-state index contributed by atoms with van der Waals surface area (Å²) < 4.78 is 36.5. The average Bonchev–Trinajstić information content (AvgIpc) is 3.35. The van der Waals surface area contributed by atoms with Crippen molar-refractivity contribution in [2.24, 2.45) is 0 Å². The number of methoxy groups -OCH3 is 1. The molecule has 3 N–H and O–H groups in total. The van der Waals surface area contributed by atoms with Crippen molar-refractivity contribution in [2.75, 3.05) is 12.8 Å². The Bertz CT molecular complexity index is 1860. The van der Waals surface area contributed by atoms with Gasteiger partial charge in [0.2, 0.25) is 21.9 Å². The summed E-state index contributed by atoms with van der Waals surface area (Å²) in [6, 6.07) is 23.3. The maximum atomic E-state index is 13.5. The van der Waals surface area contributed by atoms with Crippen LogP contribution in [0.5, 0.6) is 5.88 Å². The van der Waals surface area contributed by atoms with Crippen molar-refractivity contribution < 1.29 is 13.2 Å². The van der Waals surface area contributed by atoms with Crippen molar-refractivity contribution in [1.82, 2.24) is 19.3 Å². The predicted octanol–water partition coefficient (Wildman–Crippen LogP) is 3.48. The molecule has 1 aliphatic rings. The zero-order valence-corrected chi connectivity index (χ0v) is 21.9. The molecule has 0 bridgehead atoms. The fourth-order valence-electron chi connectivity index (χ4n) is 5.07. The number of rotatable bonds is 6. The Kier molecular flexibility index (Phi) is 6.13. The van der Waals surface area contributed by atoms with E-state index in [9.17, 15) is 13.2 Å². The van der Waals surface area contributed by atoms with Crippen LogP contribution in [0.2, 0.25) is 0 Å². The van der Waals surface area contributed by atoms with Crippen LogP contribution in [-0.2, 0) is 22.9 Å². The molecule has 2 aromatic heterocycles. The monoisotopic (exact) mass is 539 g/mol. The van der Waals surface area contributed by atoms with Gasteiger partial charge in [-0.1, -0.05) is 48.5 Å². The lowest BCUT2D eigenvalue weighted by molar-refractivity contribution is 0.384. The number of hydrogen-bond acceptors (Lipinski definition) is 7. The van der Waals surface area contributed by atoms with Crippen molar-refractivity contribution in [3.8, 4) is 22.7 Å². The van der Waals surface area contributed by atoms with Gasteiger partial charge in [0.05, 0.1) is 23.7 Å². The van der Waals surface area contributed by atoms with E-state index in [-0.39, 0.29) is 28.3 Å². The SMILES string of the molecule is COc1ncc(-c2ccc3nc(N)n(-c4ccccc4)c(=O)c3c2)cc1S(=O)(=O)NC1Cc2ccccc2C1. The second-order valence-electron chi connectivity index (χ2n) is 9.40. The molecule has 0 atom stereocenters. The standard InChI is InChI=1S/C29H25N5O4S/c1-38-27-26(39(36,37)33-22-13-18-7-5-6-8-19(18)14-22)16-21(17-31-27)20-11-12-25-24(15-20)28(35)34(29(30)32-25)23-9-3-2-4-10-23/h2-12,15-17,22,33H,13-14H2,1H3,(H2,30,32). The molecule has 0 saturated heterocycles. The molecule has 0 aliphatic heterocycles. The number of para-hydroxylation sites is 1. The molecule has 0 unspecified atom stereocenters. The summed E-state index contributed by atoms with van der Waals surface area (Å²) in [7, 11) is -2.59. The number of benzene rings is 3. The predicted molar refractivity (Wildman–Crippen MR) is 149 cm³/mol. The lowest BCUT2D eigenvalue weighted by Crippen LogP contribution is -2.35. The van der Waals surface area contributed by atoms with Crippen molar-refractivity contribution in [2.45, 2.75) is 23.8 Å². The molecule has 0 radical (unpaired) electrons. The second-order valence-corrected chi connectivity index (χ2v) is 11.1. The molecule has 2 heterocycles. The van der Waals surface area contributed by atoms with E-state index in [0.29, 0.717) is 40.6 Å². The highest BCUT2D eigenvalue weighted by Crippen LogP contribution is 2.30. The van der Waals surface area contributed by atoms with Gasteiger partial charge in [-0.2, -0.15) is 0 Å². The Labute approximate surface area is 225 Å². The number of sulfonamides is 1. The van der Waals surface area contributed by atoms with E-state index in [1.807, 2.05) is 42.5 Å². The largest absolute Gasteiger partial charge is 0.480 e. The molecule has 1 aliphatic carbocycles. The second kappa shape index (κ2) is 9.64. The van der Waals surface area contributed by atoms with E-state index in [1.165, 1.54) is 23.9 Å². The van der Waals surface area contributed by atoms with Gasteiger partial charge in [-0.25, -0.2) is 27.7 Å². The molecule has 9 nitrogen and oxygen atoms in total. The van der Waals surface area contributed by atoms with Gasteiger partial charge in [-0.3, -0.25) is 4.79 Å². The molecule has 6 rings (SSSR count). The quantitative estimate of drug-likeness (QED) is 0.338. The first-order chi connectivity index (χ1) is 18.8. The van der Waals surface area contributed by atoms with Gasteiger partial charge in [-0.15, -0.1) is 0 Å². The normalized spacial score (nSPS) is 13.5. The third-order valence-electron chi connectivity index (χ3n) is 6.92. The summed E-state index contributed by atoms with van der Waals surface area (Å²) >= 11 is 0. The van der Waals surface area contributed by atoms with E-state index in [4.69, 9.17) is 10.5 Å². The number of pyridine rings is 1. The number of anilines is 1. The molecule has 0 amide bonds. The van der Waals surface area contributed by atoms with Gasteiger partial charge in [0.15, 0.2) is 0 Å². The molecule has 0 saturated carbocycles. The smallest absolute Gasteiger partial charge is 0.267 e. The summed E-state index contributed by atoms with van der Waals surface area (Å²) in [5.74, 6) is 0.0644. The summed E-state index contributed by atoms with van der Waals surface area (Å²) in [4.78, 5) is 22.1. The van der Waals surface area contributed by atoms with Gasteiger partial charge in [0.1, 0.15) is 4.90 Å². The zero-order chi connectivity index (χ0) is 27.1. The Hall–Kier alpha value is -4.54. The Balaban J connectivity index is 1.39. The highest BCUT2D eigenvalue weighted by Gasteiger charge is 2.29. The summed E-state index contributed by atoms with van der Waals surface area (Å²) in [6.07, 6.45) is 2.74. The van der Waals surface area contributed by atoms with Crippen LogP contribution in [0.25, 0.3) is 27.7 Å². The first-order valence-electron chi connectivity index (χ1n) is 12.4. The maximum Gasteiger partial charge on any atom is 0.267 e. The van der Waals surface area contributed by atoms with Crippen LogP contribution < -0.4 is 20.8 Å². The summed E-state index contributed by atoms with van der Waals surface area (Å²) in [5, 5.41) is 0.340. The Morgan fingerprint density at radius 2 is 1.64 bits per heavy atom. The molecule has 39 heavy (non-hydrogen) atoms. The minimum atomic E-state index is -3.97. The lowest BCUT2D eigenvalue weighted by Gasteiger charge is -2.15. The number of fused-ring (bicyclic) bond motifs is 2. The maximum absolute atomic E-state index is 13.5. The number of nitrogen functional groups attached to an aromatic ring is 1. The number of hydrogen-bond donors (Lipinski definition) is 2. The fourth-order valence-corrected chi connectivity index (χ4v) is 6.45. The molecule has 3 aromatic carbocycles. The van der Waals surface area contributed by atoms with E-state index < -0.39 is 10.0 Å². The average molecular weight is 540 g/mol. The van der Waals surface area contributed by atoms with Crippen LogP contribution in [0.15, 0.2) is 94.7 Å². The van der Waals surface area contributed by atoms with E-state index in [0.717, 1.165) is 11.1 Å². The highest BCUT2D eigenvalue weighted by molar-refractivity contribution is 7.89. The van der Waals surface area contributed by atoms with Crippen LogP contribution >= 0.6 is 0 Å². The van der Waals surface area contributed by atoms with E-state index >= 15 is 0 Å². The van der Waals surface area contributed by atoms with Crippen molar-refractivity contribution in [3.63, 3.8) is 0 Å². The van der Waals surface area contributed by atoms with Gasteiger partial charge in [0, 0.05) is 17.8 Å². The topological polar surface area (TPSA) is 129 Å². The number of nitrogens with zero attached hydrogens (tertiary/aromatic N) is 3. The minimum absolute atomic E-state index is 0.0107. The van der Waals surface area contributed by atoms with Crippen molar-refractivity contribution in [1.29, 1.82) is 0 Å². The number of nitrogens with two attached hydrogens (primary N) is 1. The third-order valence-corrected chi connectivity index (χ3v) is 8.43. The van der Waals surface area contributed by atoms with Crippen LogP contribution in [0.1, 0.15) is 11.1 Å². The lowest BCUT2D eigenvalue weighted by atomic mass is 10.1. The first-order valence-corrected chi connectivity index (χ1v) is 13.8. The Morgan fingerprint density at radius 3 is 2.33 bits per heavy atom. The molecule has 0 fully saturated rings. The van der Waals surface area contributed by atoms with Gasteiger partial charge in [-0.05, 0) is 59.9 Å². The van der Waals surface area contributed by atoms with Crippen molar-refractivity contribution in [3.05, 3.63) is 107 Å². The minimum Gasteiger partial charge on any atom is -0.480 e. The number of aromatic nitrogens is 3. The van der Waals surface area contributed by atoms with E-state index in [2.05, 4.69) is 14.7 Å². The third kappa shape index (κ3) is 4.53.